The van der Waals surface area contributed by atoms with Gasteiger partial charge in [0.2, 0.25) is 0 Å². The average Bonchev–Trinajstić information content (AvgIpc) is 3.46. The van der Waals surface area contributed by atoms with Crippen molar-refractivity contribution in [3.8, 4) is 5.75 Å². The SMILES string of the molecule is C[I-]C(CC(=O)/C(C(=O)Nc1ccc(C(F)(F)F)cc1C1=CCC=NC(C(F)(F)F)=C1)=C(/O)C1(I)CCCC1)Cc1ccc(OCCN2[C@H](C)COC[C@@H]2C)c(F)c1C. The summed E-state index contributed by atoms with van der Waals surface area (Å²) in [5.74, 6) is -2.70. The third kappa shape index (κ3) is 11.7. The number of aliphatic hydroxyl groups is 1. The molecular formula is C42H47F7I2N3O5-. The molecule has 1 amide bonds. The molecule has 0 aromatic heterocycles. The van der Waals surface area contributed by atoms with Crippen molar-refractivity contribution in [3.05, 3.63) is 87.6 Å². The molecule has 8 nitrogen and oxygen atoms in total. The quantitative estimate of drug-likeness (QED) is 0.0415. The normalized spacial score (nSPS) is 21.0. The molecule has 17 heteroatoms. The van der Waals surface area contributed by atoms with Crippen molar-refractivity contribution in [1.82, 2.24) is 4.90 Å². The molecule has 3 aliphatic rings. The molecule has 2 aromatic carbocycles. The molecule has 3 atom stereocenters. The van der Waals surface area contributed by atoms with Gasteiger partial charge in [-0.15, -0.1) is 0 Å². The van der Waals surface area contributed by atoms with Gasteiger partial charge in [0.05, 0.1) is 0 Å². The molecule has 2 aliphatic heterocycles. The number of ketones is 1. The summed E-state index contributed by atoms with van der Waals surface area (Å²) in [6.07, 6.45) is -4.71. The number of aliphatic imine (C=N–C) groups is 1. The molecular weight excluding hydrogens is 1010 g/mol. The van der Waals surface area contributed by atoms with Crippen molar-refractivity contribution < 1.29 is 76.1 Å². The Morgan fingerprint density at radius 2 is 1.76 bits per heavy atom. The van der Waals surface area contributed by atoms with Crippen molar-refractivity contribution in [2.45, 2.75) is 97.5 Å². The van der Waals surface area contributed by atoms with Gasteiger partial charge >= 0.3 is 347 Å². The summed E-state index contributed by atoms with van der Waals surface area (Å²) < 4.78 is 109. The molecule has 2 aromatic rings. The minimum atomic E-state index is -4.92. The molecule has 0 spiro atoms. The monoisotopic (exact) mass is 1060 g/mol. The first-order valence-electron chi connectivity index (χ1n) is 19.2. The van der Waals surface area contributed by atoms with E-state index in [2.05, 4.69) is 29.1 Å². The van der Waals surface area contributed by atoms with Crippen LogP contribution in [0.5, 0.6) is 5.75 Å². The fourth-order valence-corrected chi connectivity index (χ4v) is 10.3. The Morgan fingerprint density at radius 3 is 2.39 bits per heavy atom. The van der Waals surface area contributed by atoms with E-state index in [0.29, 0.717) is 81.2 Å². The van der Waals surface area contributed by atoms with Crippen LogP contribution in [-0.2, 0) is 26.9 Å². The number of rotatable bonds is 14. The molecule has 2 fully saturated rings. The van der Waals surface area contributed by atoms with Gasteiger partial charge in [0.15, 0.2) is 0 Å². The number of carbonyl (C=O) groups is 2. The molecule has 2 heterocycles. The molecule has 0 radical (unpaired) electrons. The van der Waals surface area contributed by atoms with Gasteiger partial charge in [-0.05, 0) is 0 Å². The van der Waals surface area contributed by atoms with Crippen LogP contribution in [0.4, 0.5) is 36.4 Å². The first-order chi connectivity index (χ1) is 27.7. The second-order valence-electron chi connectivity index (χ2n) is 15.0. The summed E-state index contributed by atoms with van der Waals surface area (Å²) >= 11 is 1.30. The van der Waals surface area contributed by atoms with Gasteiger partial charge < -0.3 is 4.74 Å². The van der Waals surface area contributed by atoms with E-state index < -0.39 is 77.1 Å². The number of aliphatic hydroxyl groups excluding tert-OH is 1. The first-order valence-corrected chi connectivity index (χ1v) is 23.6. The van der Waals surface area contributed by atoms with Gasteiger partial charge in [0, 0.05) is 0 Å². The number of ether oxygens (including phenoxy) is 2. The van der Waals surface area contributed by atoms with Crippen molar-refractivity contribution in [3.63, 3.8) is 0 Å². The van der Waals surface area contributed by atoms with E-state index in [9.17, 15) is 41.0 Å². The van der Waals surface area contributed by atoms with Gasteiger partial charge in [-0.3, -0.25) is 0 Å². The second kappa shape index (κ2) is 19.8. The van der Waals surface area contributed by atoms with Crippen LogP contribution < -0.4 is 31.3 Å². The number of hydrogen-bond donors (Lipinski definition) is 2. The number of allylic oxidation sites excluding steroid dienone is 5. The summed E-state index contributed by atoms with van der Waals surface area (Å²) in [5.41, 5.74) is -3.07. The van der Waals surface area contributed by atoms with Crippen LogP contribution in [0, 0.1) is 12.7 Å². The van der Waals surface area contributed by atoms with Crippen LogP contribution in [0.15, 0.2) is 64.5 Å². The van der Waals surface area contributed by atoms with Gasteiger partial charge in [-0.1, -0.05) is 0 Å². The number of hydrogen-bond acceptors (Lipinski definition) is 7. The summed E-state index contributed by atoms with van der Waals surface area (Å²) in [4.78, 5) is 36.1. The molecule has 1 saturated heterocycles. The van der Waals surface area contributed by atoms with E-state index in [1.807, 2.05) is 27.5 Å². The molecule has 1 unspecified atom stereocenters. The average molecular weight is 1060 g/mol. The molecule has 324 valence electrons. The summed E-state index contributed by atoms with van der Waals surface area (Å²) in [6.45, 7) is 7.84. The Bertz CT molecular complexity index is 2000. The Morgan fingerprint density at radius 1 is 1.08 bits per heavy atom. The van der Waals surface area contributed by atoms with Crippen LogP contribution in [0.3, 0.4) is 0 Å². The van der Waals surface area contributed by atoms with Crippen LogP contribution in [-0.4, -0.2) is 84.8 Å². The third-order valence-electron chi connectivity index (χ3n) is 10.8. The van der Waals surface area contributed by atoms with Crippen molar-refractivity contribution in [2.24, 2.45) is 4.99 Å². The zero-order valence-corrected chi connectivity index (χ0v) is 37.3. The summed E-state index contributed by atoms with van der Waals surface area (Å²) in [7, 11) is 0. The Hall–Kier alpha value is -3.04. The van der Waals surface area contributed by atoms with Crippen molar-refractivity contribution in [2.75, 3.05) is 36.6 Å². The Balaban J connectivity index is 1.40. The number of nitrogens with one attached hydrogen (secondary N) is 1. The summed E-state index contributed by atoms with van der Waals surface area (Å²) in [5, 5.41) is 14.2. The molecule has 0 bridgehead atoms. The van der Waals surface area contributed by atoms with E-state index in [-0.39, 0.29) is 58.0 Å². The minimum absolute atomic E-state index is 0.106. The van der Waals surface area contributed by atoms with Crippen LogP contribution in [0.25, 0.3) is 5.57 Å². The number of morpholine rings is 1. The topological polar surface area (TPSA) is 100 Å². The zero-order valence-electron chi connectivity index (χ0n) is 33.0. The second-order valence-corrected chi connectivity index (χ2v) is 20.0. The van der Waals surface area contributed by atoms with Crippen molar-refractivity contribution in [1.29, 1.82) is 0 Å². The number of carbonyl (C=O) groups excluding carboxylic acids is 2. The molecule has 1 aliphatic carbocycles. The standard InChI is InChI=1S/C42H47F7I2N3O5/c1-24-22-58-23-25(2)54(24)16-17-59-34-12-9-27(26(3)37(34)43)18-30(51-4)21-33(55)36(38(56)40(50)13-5-6-14-40)39(57)53-32-11-10-29(41(44,45)46)20-31(32)28-8-7-15-52-35(19-28)42(47,48)49/h8-12,15,19-20,24-25,30,56H,5-7,13-14,16-18,21-23H2,1-4H3,(H,53,57)/q-1/b38-36-/t24-,25+,30?. The van der Waals surface area contributed by atoms with Gasteiger partial charge in [-0.25, -0.2) is 0 Å². The van der Waals surface area contributed by atoms with Crippen LogP contribution in [0.1, 0.15) is 74.6 Å². The number of halogens is 9. The molecule has 59 heavy (non-hydrogen) atoms. The van der Waals surface area contributed by atoms with Gasteiger partial charge in [-0.2, -0.15) is 13.2 Å². The van der Waals surface area contributed by atoms with E-state index in [1.54, 1.807) is 19.1 Å². The van der Waals surface area contributed by atoms with E-state index >= 15 is 4.39 Å². The Kier molecular flexibility index (Phi) is 15.8. The fraction of sp³-hybridized carbons (Fsp3) is 0.500. The number of anilines is 1. The number of benzene rings is 2. The van der Waals surface area contributed by atoms with Gasteiger partial charge in [0.1, 0.15) is 0 Å². The van der Waals surface area contributed by atoms with Crippen LogP contribution in [0.2, 0.25) is 0 Å². The van der Waals surface area contributed by atoms with Gasteiger partial charge in [0.25, 0.3) is 0 Å². The zero-order chi connectivity index (χ0) is 43.3. The molecule has 2 N–H and O–H groups in total. The van der Waals surface area contributed by atoms with Crippen molar-refractivity contribution >= 4 is 51.8 Å². The number of alkyl halides is 9. The first kappa shape index (κ1) is 47.0. The van der Waals surface area contributed by atoms with E-state index in [0.717, 1.165) is 12.3 Å². The number of Topliss-reactive ketones (excluding diaryl/α,β-unsaturated/α-hetero) is 1. The maximum absolute atomic E-state index is 15.7. The number of nitrogens with zero attached hydrogens (tertiary/aromatic N) is 2. The summed E-state index contributed by atoms with van der Waals surface area (Å²) in [6, 6.07) is 5.92. The molecule has 5 rings (SSSR count). The predicted molar refractivity (Wildman–Crippen MR) is 216 cm³/mol. The Labute approximate surface area is 363 Å². The predicted octanol–water partition coefficient (Wildman–Crippen LogP) is 6.73. The fourth-order valence-electron chi connectivity index (χ4n) is 7.47. The third-order valence-corrected chi connectivity index (χ3v) is 15.0. The maximum atomic E-state index is 15.7. The van der Waals surface area contributed by atoms with E-state index in [1.165, 1.54) is 6.08 Å². The molecule has 1 saturated carbocycles. The van der Waals surface area contributed by atoms with E-state index in [4.69, 9.17) is 9.47 Å². The number of amides is 1. The van der Waals surface area contributed by atoms with Crippen LogP contribution >= 0.6 is 22.6 Å².